The summed E-state index contributed by atoms with van der Waals surface area (Å²) in [5, 5.41) is 12.4. The third-order valence-electron chi connectivity index (χ3n) is 3.57. The first-order valence-corrected chi connectivity index (χ1v) is 7.07. The minimum absolute atomic E-state index is 0.110. The number of aliphatic hydroxyl groups is 1. The molecule has 1 saturated heterocycles. The molecule has 20 heavy (non-hydrogen) atoms. The van der Waals surface area contributed by atoms with Gasteiger partial charge in [-0.25, -0.2) is 4.79 Å². The van der Waals surface area contributed by atoms with Crippen LogP contribution in [0.25, 0.3) is 0 Å². The molecule has 1 unspecified atom stereocenters. The summed E-state index contributed by atoms with van der Waals surface area (Å²) in [6.07, 6.45) is 0.976. The molecule has 110 valence electrons. The fourth-order valence-electron chi connectivity index (χ4n) is 2.23. The molecule has 1 fully saturated rings. The molecule has 1 aromatic rings. The number of ether oxygens (including phenoxy) is 1. The van der Waals surface area contributed by atoms with Crippen molar-refractivity contribution in [2.45, 2.75) is 19.4 Å². The van der Waals surface area contributed by atoms with Crippen molar-refractivity contribution >= 4 is 6.03 Å². The summed E-state index contributed by atoms with van der Waals surface area (Å²) >= 11 is 0. The van der Waals surface area contributed by atoms with Gasteiger partial charge in [0, 0.05) is 13.1 Å². The number of carbonyl (C=O) groups is 1. The Hall–Kier alpha value is -1.59. The number of nitrogens with zero attached hydrogens (tertiary/aromatic N) is 1. The van der Waals surface area contributed by atoms with Gasteiger partial charge in [0.05, 0.1) is 25.9 Å². The van der Waals surface area contributed by atoms with E-state index in [0.717, 1.165) is 12.0 Å². The molecular formula is C15H22N2O3. The zero-order valence-corrected chi connectivity index (χ0v) is 11.8. The number of aliphatic hydroxyl groups excluding tert-OH is 1. The number of rotatable bonds is 4. The molecule has 1 atom stereocenters. The molecule has 0 saturated carbocycles. The standard InChI is InChI=1S/C15H22N2O3/c1-2-12-3-5-13(6-4-12)14(11-18)16-15(19)17-7-9-20-10-8-17/h3-6,14,18H,2,7-11H2,1H3,(H,16,19). The molecule has 2 N–H and O–H groups in total. The van der Waals surface area contributed by atoms with Gasteiger partial charge in [0.15, 0.2) is 0 Å². The third kappa shape index (κ3) is 3.71. The highest BCUT2D eigenvalue weighted by Crippen LogP contribution is 2.14. The Labute approximate surface area is 119 Å². The molecule has 0 radical (unpaired) electrons. The minimum atomic E-state index is -0.365. The van der Waals surface area contributed by atoms with E-state index < -0.39 is 0 Å². The van der Waals surface area contributed by atoms with Crippen molar-refractivity contribution in [1.82, 2.24) is 10.2 Å². The van der Waals surface area contributed by atoms with Crippen molar-refractivity contribution in [3.05, 3.63) is 35.4 Å². The Balaban J connectivity index is 1.98. The van der Waals surface area contributed by atoms with Gasteiger partial charge in [-0.15, -0.1) is 0 Å². The third-order valence-corrected chi connectivity index (χ3v) is 3.57. The minimum Gasteiger partial charge on any atom is -0.394 e. The van der Waals surface area contributed by atoms with Gasteiger partial charge in [0.1, 0.15) is 0 Å². The molecule has 5 nitrogen and oxygen atoms in total. The van der Waals surface area contributed by atoms with Crippen molar-refractivity contribution in [2.75, 3.05) is 32.9 Å². The van der Waals surface area contributed by atoms with Crippen LogP contribution in [-0.4, -0.2) is 48.9 Å². The number of nitrogens with one attached hydrogen (secondary N) is 1. The lowest BCUT2D eigenvalue weighted by Crippen LogP contribution is -2.47. The summed E-state index contributed by atoms with van der Waals surface area (Å²) in [7, 11) is 0. The maximum atomic E-state index is 12.1. The number of hydrogen-bond donors (Lipinski definition) is 2. The molecule has 1 aromatic carbocycles. The zero-order chi connectivity index (χ0) is 14.4. The van der Waals surface area contributed by atoms with E-state index >= 15 is 0 Å². The fourth-order valence-corrected chi connectivity index (χ4v) is 2.23. The Bertz CT molecular complexity index is 427. The molecular weight excluding hydrogens is 256 g/mol. The summed E-state index contributed by atoms with van der Waals surface area (Å²) in [5.41, 5.74) is 2.16. The van der Waals surface area contributed by atoms with Crippen LogP contribution in [0.4, 0.5) is 4.79 Å². The summed E-state index contributed by atoms with van der Waals surface area (Å²) < 4.78 is 5.22. The predicted octanol–water partition coefficient (Wildman–Crippen LogP) is 1.32. The molecule has 1 heterocycles. The summed E-state index contributed by atoms with van der Waals surface area (Å²) in [4.78, 5) is 13.8. The van der Waals surface area contributed by atoms with Crippen molar-refractivity contribution in [3.8, 4) is 0 Å². The van der Waals surface area contributed by atoms with Crippen molar-refractivity contribution in [3.63, 3.8) is 0 Å². The van der Waals surface area contributed by atoms with Crippen LogP contribution in [0, 0.1) is 0 Å². The van der Waals surface area contributed by atoms with E-state index in [-0.39, 0.29) is 18.7 Å². The van der Waals surface area contributed by atoms with Crippen LogP contribution < -0.4 is 5.32 Å². The van der Waals surface area contributed by atoms with E-state index in [0.29, 0.717) is 26.3 Å². The molecule has 0 spiro atoms. The Kier molecular flexibility index (Phi) is 5.38. The lowest BCUT2D eigenvalue weighted by Gasteiger charge is -2.29. The number of aryl methyl sites for hydroxylation is 1. The van der Waals surface area contributed by atoms with Crippen LogP contribution in [0.15, 0.2) is 24.3 Å². The molecule has 2 amide bonds. The largest absolute Gasteiger partial charge is 0.394 e. The summed E-state index contributed by atoms with van der Waals surface area (Å²) in [6.45, 7) is 4.32. The van der Waals surface area contributed by atoms with E-state index in [2.05, 4.69) is 12.2 Å². The Morgan fingerprint density at radius 1 is 1.35 bits per heavy atom. The van der Waals surface area contributed by atoms with E-state index in [1.165, 1.54) is 5.56 Å². The van der Waals surface area contributed by atoms with E-state index in [4.69, 9.17) is 4.74 Å². The molecule has 0 aromatic heterocycles. The van der Waals surface area contributed by atoms with Gasteiger partial charge in [-0.05, 0) is 17.5 Å². The van der Waals surface area contributed by atoms with Crippen LogP contribution in [-0.2, 0) is 11.2 Å². The van der Waals surface area contributed by atoms with Gasteiger partial charge in [0.2, 0.25) is 0 Å². The number of urea groups is 1. The molecule has 0 bridgehead atoms. The SMILES string of the molecule is CCc1ccc(C(CO)NC(=O)N2CCOCC2)cc1. The van der Waals surface area contributed by atoms with E-state index in [1.54, 1.807) is 4.90 Å². The second kappa shape index (κ2) is 7.26. The van der Waals surface area contributed by atoms with Gasteiger partial charge in [-0.1, -0.05) is 31.2 Å². The maximum absolute atomic E-state index is 12.1. The summed E-state index contributed by atoms with van der Waals surface area (Å²) in [6, 6.07) is 7.46. The highest BCUT2D eigenvalue weighted by Gasteiger charge is 2.20. The smallest absolute Gasteiger partial charge is 0.318 e. The molecule has 1 aliphatic heterocycles. The van der Waals surface area contributed by atoms with Gasteiger partial charge >= 0.3 is 6.03 Å². The number of carbonyl (C=O) groups excluding carboxylic acids is 1. The van der Waals surface area contributed by atoms with Gasteiger partial charge in [-0.2, -0.15) is 0 Å². The highest BCUT2D eigenvalue weighted by molar-refractivity contribution is 5.74. The molecule has 2 rings (SSSR count). The van der Waals surface area contributed by atoms with Crippen LogP contribution in [0.1, 0.15) is 24.1 Å². The number of morpholine rings is 1. The average Bonchev–Trinajstić information content (AvgIpc) is 2.53. The average molecular weight is 278 g/mol. The van der Waals surface area contributed by atoms with Crippen molar-refractivity contribution < 1.29 is 14.6 Å². The number of amides is 2. The second-order valence-corrected chi connectivity index (χ2v) is 4.88. The Morgan fingerprint density at radius 3 is 2.55 bits per heavy atom. The molecule has 0 aliphatic carbocycles. The van der Waals surface area contributed by atoms with Crippen LogP contribution in [0.2, 0.25) is 0 Å². The first kappa shape index (κ1) is 14.8. The van der Waals surface area contributed by atoms with Gasteiger partial charge in [0.25, 0.3) is 0 Å². The second-order valence-electron chi connectivity index (χ2n) is 4.88. The van der Waals surface area contributed by atoms with Crippen LogP contribution >= 0.6 is 0 Å². The van der Waals surface area contributed by atoms with Crippen molar-refractivity contribution in [2.24, 2.45) is 0 Å². The zero-order valence-electron chi connectivity index (χ0n) is 11.8. The summed E-state index contributed by atoms with van der Waals surface area (Å²) in [5.74, 6) is 0. The van der Waals surface area contributed by atoms with Gasteiger partial charge < -0.3 is 20.1 Å². The number of hydrogen-bond acceptors (Lipinski definition) is 3. The Morgan fingerprint density at radius 2 is 2.00 bits per heavy atom. The van der Waals surface area contributed by atoms with E-state index in [1.807, 2.05) is 24.3 Å². The monoisotopic (exact) mass is 278 g/mol. The van der Waals surface area contributed by atoms with Crippen LogP contribution in [0.5, 0.6) is 0 Å². The highest BCUT2D eigenvalue weighted by atomic mass is 16.5. The quantitative estimate of drug-likeness (QED) is 0.873. The number of benzene rings is 1. The molecule has 1 aliphatic rings. The lowest BCUT2D eigenvalue weighted by atomic mass is 10.0. The fraction of sp³-hybridized carbons (Fsp3) is 0.533. The normalized spacial score (nSPS) is 16.8. The van der Waals surface area contributed by atoms with Gasteiger partial charge in [-0.3, -0.25) is 0 Å². The predicted molar refractivity (Wildman–Crippen MR) is 76.6 cm³/mol. The van der Waals surface area contributed by atoms with Crippen LogP contribution in [0.3, 0.4) is 0 Å². The first-order chi connectivity index (χ1) is 9.74. The van der Waals surface area contributed by atoms with Crippen molar-refractivity contribution in [1.29, 1.82) is 0 Å². The topological polar surface area (TPSA) is 61.8 Å². The first-order valence-electron chi connectivity index (χ1n) is 7.07. The molecule has 5 heteroatoms. The van der Waals surface area contributed by atoms with E-state index in [9.17, 15) is 9.90 Å². The maximum Gasteiger partial charge on any atom is 0.318 e. The lowest BCUT2D eigenvalue weighted by molar-refractivity contribution is 0.0518.